The molecule has 0 spiro atoms. The second-order valence-electron chi connectivity index (χ2n) is 6.78. The SMILES string of the molecule is COc1ccc(N2C(=O)C(=O)C(=C(O)c3ccc(Cl)cc3)C2c2ccccc2)cc1. The van der Waals surface area contributed by atoms with Crippen molar-refractivity contribution in [3.8, 4) is 5.75 Å². The minimum Gasteiger partial charge on any atom is -0.507 e. The number of hydrogen-bond donors (Lipinski definition) is 1. The minimum absolute atomic E-state index is 0.0318. The molecule has 150 valence electrons. The van der Waals surface area contributed by atoms with Gasteiger partial charge in [-0.1, -0.05) is 41.9 Å². The van der Waals surface area contributed by atoms with Gasteiger partial charge in [0.05, 0.1) is 18.7 Å². The molecular weight excluding hydrogens is 402 g/mol. The van der Waals surface area contributed by atoms with Crippen molar-refractivity contribution in [3.05, 3.63) is 101 Å². The molecule has 0 radical (unpaired) electrons. The van der Waals surface area contributed by atoms with Crippen molar-refractivity contribution in [3.63, 3.8) is 0 Å². The number of anilines is 1. The Balaban J connectivity index is 1.90. The van der Waals surface area contributed by atoms with Crippen LogP contribution in [0.3, 0.4) is 0 Å². The van der Waals surface area contributed by atoms with Crippen molar-refractivity contribution in [2.24, 2.45) is 0 Å². The van der Waals surface area contributed by atoms with Gasteiger partial charge in [0.25, 0.3) is 11.7 Å². The summed E-state index contributed by atoms with van der Waals surface area (Å²) in [4.78, 5) is 27.4. The third-order valence-corrected chi connectivity index (χ3v) is 5.28. The third kappa shape index (κ3) is 3.44. The Hall–Kier alpha value is -3.57. The summed E-state index contributed by atoms with van der Waals surface area (Å²) in [5.41, 5.74) is 1.68. The fraction of sp³-hybridized carbons (Fsp3) is 0.0833. The van der Waals surface area contributed by atoms with Gasteiger partial charge in [-0.25, -0.2) is 0 Å². The molecule has 1 aliphatic heterocycles. The number of aliphatic hydroxyl groups is 1. The number of ether oxygens (including phenoxy) is 1. The number of aliphatic hydroxyl groups excluding tert-OH is 1. The van der Waals surface area contributed by atoms with Crippen LogP contribution < -0.4 is 9.64 Å². The van der Waals surface area contributed by atoms with Crippen LogP contribution in [0.5, 0.6) is 5.75 Å². The van der Waals surface area contributed by atoms with Crippen molar-refractivity contribution >= 4 is 34.7 Å². The Labute approximate surface area is 178 Å². The summed E-state index contributed by atoms with van der Waals surface area (Å²) in [5.74, 6) is -1.06. The van der Waals surface area contributed by atoms with Crippen LogP contribution in [0.2, 0.25) is 5.02 Å². The monoisotopic (exact) mass is 419 g/mol. The number of Topliss-reactive ketones (excluding diaryl/α,β-unsaturated/α-hetero) is 1. The number of ketones is 1. The molecule has 1 heterocycles. The minimum atomic E-state index is -0.768. The molecule has 0 bridgehead atoms. The van der Waals surface area contributed by atoms with Gasteiger partial charge in [-0.05, 0) is 54.1 Å². The van der Waals surface area contributed by atoms with Crippen LogP contribution in [0.4, 0.5) is 5.69 Å². The predicted molar refractivity (Wildman–Crippen MR) is 116 cm³/mol. The number of halogens is 1. The van der Waals surface area contributed by atoms with Gasteiger partial charge >= 0.3 is 0 Å². The number of carbonyl (C=O) groups is 2. The number of amides is 1. The van der Waals surface area contributed by atoms with Gasteiger partial charge in [-0.2, -0.15) is 0 Å². The zero-order valence-corrected chi connectivity index (χ0v) is 16.8. The Bertz CT molecular complexity index is 1120. The van der Waals surface area contributed by atoms with Crippen molar-refractivity contribution in [2.75, 3.05) is 12.0 Å². The van der Waals surface area contributed by atoms with Crippen LogP contribution in [-0.2, 0) is 9.59 Å². The summed E-state index contributed by atoms with van der Waals surface area (Å²) in [7, 11) is 1.55. The van der Waals surface area contributed by atoms with E-state index in [4.69, 9.17) is 16.3 Å². The number of nitrogens with zero attached hydrogens (tertiary/aromatic N) is 1. The standard InChI is InChI=1S/C24H18ClNO4/c1-30-19-13-11-18(12-14-19)26-21(15-5-3-2-4-6-15)20(23(28)24(26)29)22(27)16-7-9-17(25)10-8-16/h2-14,21,27H,1H3. The van der Waals surface area contributed by atoms with Crippen molar-refractivity contribution in [1.82, 2.24) is 0 Å². The molecule has 3 aromatic rings. The highest BCUT2D eigenvalue weighted by Gasteiger charge is 2.46. The van der Waals surface area contributed by atoms with E-state index < -0.39 is 17.7 Å². The Kier molecular flexibility index (Phi) is 5.29. The lowest BCUT2D eigenvalue weighted by atomic mass is 9.95. The number of benzene rings is 3. The van der Waals surface area contributed by atoms with Gasteiger partial charge in [0.15, 0.2) is 0 Å². The second kappa shape index (κ2) is 8.05. The molecule has 30 heavy (non-hydrogen) atoms. The number of rotatable bonds is 4. The second-order valence-corrected chi connectivity index (χ2v) is 7.22. The summed E-state index contributed by atoms with van der Waals surface area (Å²) in [6, 6.07) is 21.7. The van der Waals surface area contributed by atoms with E-state index in [0.29, 0.717) is 27.6 Å². The van der Waals surface area contributed by atoms with E-state index in [2.05, 4.69) is 0 Å². The maximum atomic E-state index is 13.0. The molecule has 1 amide bonds. The van der Waals surface area contributed by atoms with Crippen molar-refractivity contribution in [1.29, 1.82) is 0 Å². The van der Waals surface area contributed by atoms with E-state index in [0.717, 1.165) is 0 Å². The normalized spacial score (nSPS) is 17.9. The molecule has 6 heteroatoms. The first kappa shape index (κ1) is 19.7. The lowest BCUT2D eigenvalue weighted by Crippen LogP contribution is -2.29. The molecule has 0 saturated carbocycles. The average molecular weight is 420 g/mol. The van der Waals surface area contributed by atoms with E-state index >= 15 is 0 Å². The van der Waals surface area contributed by atoms with Gasteiger partial charge in [-0.15, -0.1) is 0 Å². The average Bonchev–Trinajstić information content (AvgIpc) is 3.05. The first-order valence-corrected chi connectivity index (χ1v) is 9.65. The lowest BCUT2D eigenvalue weighted by Gasteiger charge is -2.25. The van der Waals surface area contributed by atoms with Crippen LogP contribution in [0.25, 0.3) is 5.76 Å². The summed E-state index contributed by atoms with van der Waals surface area (Å²) >= 11 is 5.94. The van der Waals surface area contributed by atoms with Crippen LogP contribution in [0.1, 0.15) is 17.2 Å². The van der Waals surface area contributed by atoms with Crippen LogP contribution in [-0.4, -0.2) is 23.9 Å². The number of carbonyl (C=O) groups excluding carboxylic acids is 2. The summed E-state index contributed by atoms with van der Waals surface area (Å²) in [5, 5.41) is 11.5. The molecule has 3 aromatic carbocycles. The van der Waals surface area contributed by atoms with Crippen molar-refractivity contribution < 1.29 is 19.4 Å². The Morgan fingerprint density at radius 1 is 0.933 bits per heavy atom. The van der Waals surface area contributed by atoms with Gasteiger partial charge < -0.3 is 9.84 Å². The van der Waals surface area contributed by atoms with Crippen LogP contribution >= 0.6 is 11.6 Å². The quantitative estimate of drug-likeness (QED) is 0.368. The largest absolute Gasteiger partial charge is 0.507 e. The van der Waals surface area contributed by atoms with E-state index in [-0.39, 0.29) is 11.3 Å². The molecular formula is C24H18ClNO4. The molecule has 5 nitrogen and oxygen atoms in total. The molecule has 1 fully saturated rings. The highest BCUT2D eigenvalue weighted by atomic mass is 35.5. The lowest BCUT2D eigenvalue weighted by molar-refractivity contribution is -0.132. The third-order valence-electron chi connectivity index (χ3n) is 5.03. The maximum Gasteiger partial charge on any atom is 0.300 e. The molecule has 1 N–H and O–H groups in total. The first-order valence-electron chi connectivity index (χ1n) is 9.27. The zero-order chi connectivity index (χ0) is 21.3. The van der Waals surface area contributed by atoms with Gasteiger partial charge in [0.1, 0.15) is 11.5 Å². The summed E-state index contributed by atoms with van der Waals surface area (Å²) < 4.78 is 5.19. The highest BCUT2D eigenvalue weighted by Crippen LogP contribution is 2.42. The van der Waals surface area contributed by atoms with Gasteiger partial charge in [0, 0.05) is 16.3 Å². The van der Waals surface area contributed by atoms with E-state index in [1.807, 2.05) is 30.3 Å². The van der Waals surface area contributed by atoms with Gasteiger partial charge in [0.2, 0.25) is 0 Å². The Morgan fingerprint density at radius 2 is 1.57 bits per heavy atom. The summed E-state index contributed by atoms with van der Waals surface area (Å²) in [6.07, 6.45) is 0. The molecule has 4 rings (SSSR count). The number of methoxy groups -OCH3 is 1. The Morgan fingerprint density at radius 3 is 2.17 bits per heavy atom. The van der Waals surface area contributed by atoms with E-state index in [1.165, 1.54) is 4.90 Å². The van der Waals surface area contributed by atoms with E-state index in [1.54, 1.807) is 55.6 Å². The van der Waals surface area contributed by atoms with Crippen LogP contribution in [0.15, 0.2) is 84.4 Å². The smallest absolute Gasteiger partial charge is 0.300 e. The zero-order valence-electron chi connectivity index (χ0n) is 16.1. The van der Waals surface area contributed by atoms with E-state index in [9.17, 15) is 14.7 Å². The highest BCUT2D eigenvalue weighted by molar-refractivity contribution is 6.51. The summed E-state index contributed by atoms with van der Waals surface area (Å²) in [6.45, 7) is 0. The molecule has 1 unspecified atom stereocenters. The molecule has 1 atom stereocenters. The van der Waals surface area contributed by atoms with Crippen molar-refractivity contribution in [2.45, 2.75) is 6.04 Å². The molecule has 0 aromatic heterocycles. The molecule has 1 saturated heterocycles. The fourth-order valence-electron chi connectivity index (χ4n) is 3.56. The molecule has 1 aliphatic rings. The maximum absolute atomic E-state index is 13.0. The fourth-order valence-corrected chi connectivity index (χ4v) is 3.68. The topological polar surface area (TPSA) is 66.8 Å². The van der Waals surface area contributed by atoms with Crippen LogP contribution in [0, 0.1) is 0 Å². The molecule has 0 aliphatic carbocycles. The predicted octanol–water partition coefficient (Wildman–Crippen LogP) is 4.97. The van der Waals surface area contributed by atoms with Gasteiger partial charge in [-0.3, -0.25) is 14.5 Å². The number of hydrogen-bond acceptors (Lipinski definition) is 4. The first-order chi connectivity index (χ1) is 14.5.